The van der Waals surface area contributed by atoms with Crippen LogP contribution in [0.1, 0.15) is 54.4 Å². The molecule has 1 saturated heterocycles. The summed E-state index contributed by atoms with van der Waals surface area (Å²) in [6.07, 6.45) is 1.66. The van der Waals surface area contributed by atoms with E-state index in [0.29, 0.717) is 32.7 Å². The van der Waals surface area contributed by atoms with Gasteiger partial charge in [-0.1, -0.05) is 12.1 Å². The number of benzene rings is 2. The molecule has 1 saturated carbocycles. The second kappa shape index (κ2) is 11.2. The molecule has 3 amide bonds. The highest BCUT2D eigenvalue weighted by Gasteiger charge is 2.51. The van der Waals surface area contributed by atoms with Crippen LogP contribution < -0.4 is 10.6 Å². The van der Waals surface area contributed by atoms with Crippen molar-refractivity contribution in [2.45, 2.75) is 50.1 Å². The Kier molecular flexibility index (Phi) is 7.98. The molecule has 1 heterocycles. The van der Waals surface area contributed by atoms with Crippen molar-refractivity contribution in [2.75, 3.05) is 26.3 Å². The van der Waals surface area contributed by atoms with Gasteiger partial charge >= 0.3 is 0 Å². The fourth-order valence-electron chi connectivity index (χ4n) is 4.64. The average Bonchev–Trinajstić information content (AvgIpc) is 3.54. The Bertz CT molecular complexity index is 1090. The number of hydrogen-bond acceptors (Lipinski definition) is 4. The van der Waals surface area contributed by atoms with Crippen LogP contribution in [0.4, 0.5) is 8.78 Å². The van der Waals surface area contributed by atoms with Crippen molar-refractivity contribution in [1.29, 1.82) is 0 Å². The second-order valence-corrected chi connectivity index (χ2v) is 9.64. The average molecular weight is 500 g/mol. The number of hydrogen-bond donors (Lipinski definition) is 2. The Balaban J connectivity index is 1.32. The van der Waals surface area contributed by atoms with Gasteiger partial charge in [-0.3, -0.25) is 14.4 Å². The molecule has 1 unspecified atom stereocenters. The first-order valence-corrected chi connectivity index (χ1v) is 12.2. The minimum absolute atomic E-state index is 0.132. The summed E-state index contributed by atoms with van der Waals surface area (Å²) in [4.78, 5) is 40.1. The summed E-state index contributed by atoms with van der Waals surface area (Å²) >= 11 is 0. The zero-order chi connectivity index (χ0) is 25.7. The number of nitrogens with one attached hydrogen (secondary N) is 2. The molecular formula is C27H31F2N3O4. The molecule has 2 aromatic carbocycles. The van der Waals surface area contributed by atoms with E-state index in [1.54, 1.807) is 17.0 Å². The van der Waals surface area contributed by atoms with E-state index in [2.05, 4.69) is 10.6 Å². The van der Waals surface area contributed by atoms with Crippen LogP contribution in [0.3, 0.4) is 0 Å². The standard InChI is InChI=1S/C27H31F2N3O4/c1-27(17-22(27)18-5-9-20(28)10-6-18)31-24(33)4-2-3-23(26(35)32-13-15-36-16-14-32)30-25(34)19-7-11-21(29)12-8-19/h5-12,22-23H,2-4,13-17H2,1H3,(H,30,34)(H,31,33)/t22-,23-,27?/m0/s1. The first-order valence-electron chi connectivity index (χ1n) is 12.2. The normalized spacial score (nSPS) is 22.0. The third-order valence-electron chi connectivity index (χ3n) is 6.86. The van der Waals surface area contributed by atoms with Crippen molar-refractivity contribution in [2.24, 2.45) is 0 Å². The molecule has 0 spiro atoms. The van der Waals surface area contributed by atoms with Crippen molar-refractivity contribution in [3.8, 4) is 0 Å². The predicted octanol–water partition coefficient (Wildman–Crippen LogP) is 3.15. The summed E-state index contributed by atoms with van der Waals surface area (Å²) in [5.41, 5.74) is 0.857. The first kappa shape index (κ1) is 25.8. The maximum atomic E-state index is 13.2. The molecule has 1 aliphatic carbocycles. The summed E-state index contributed by atoms with van der Waals surface area (Å²) in [7, 11) is 0. The van der Waals surface area contributed by atoms with Crippen molar-refractivity contribution in [3.63, 3.8) is 0 Å². The van der Waals surface area contributed by atoms with Crippen LogP contribution in [0, 0.1) is 11.6 Å². The van der Waals surface area contributed by atoms with Crippen LogP contribution in [0.5, 0.6) is 0 Å². The minimum atomic E-state index is -0.808. The maximum Gasteiger partial charge on any atom is 0.251 e. The van der Waals surface area contributed by atoms with E-state index in [-0.39, 0.29) is 47.5 Å². The Hall–Kier alpha value is -3.33. The molecule has 2 aromatic rings. The van der Waals surface area contributed by atoms with Gasteiger partial charge in [-0.2, -0.15) is 0 Å². The lowest BCUT2D eigenvalue weighted by Crippen LogP contribution is -2.51. The molecule has 0 aromatic heterocycles. The summed E-state index contributed by atoms with van der Waals surface area (Å²) < 4.78 is 31.7. The number of carbonyl (C=O) groups excluding carboxylic acids is 3. The summed E-state index contributed by atoms with van der Waals surface area (Å²) in [5.74, 6) is -1.45. The first-order chi connectivity index (χ1) is 17.2. The SMILES string of the molecule is CC1(NC(=O)CCC[C@H](NC(=O)c2ccc(F)cc2)C(=O)N2CCOCC2)C[C@H]1c1ccc(F)cc1. The molecule has 2 fully saturated rings. The highest BCUT2D eigenvalue weighted by atomic mass is 19.1. The molecule has 192 valence electrons. The number of halogens is 2. The highest BCUT2D eigenvalue weighted by molar-refractivity contribution is 5.97. The zero-order valence-corrected chi connectivity index (χ0v) is 20.3. The van der Waals surface area contributed by atoms with Gasteiger partial charge < -0.3 is 20.3 Å². The summed E-state index contributed by atoms with van der Waals surface area (Å²) in [5, 5.41) is 5.83. The lowest BCUT2D eigenvalue weighted by molar-refractivity contribution is -0.137. The van der Waals surface area contributed by atoms with E-state index in [4.69, 9.17) is 4.74 Å². The second-order valence-electron chi connectivity index (χ2n) is 9.64. The number of carbonyl (C=O) groups is 3. The smallest absolute Gasteiger partial charge is 0.251 e. The van der Waals surface area contributed by atoms with Crippen molar-refractivity contribution >= 4 is 17.7 Å². The monoisotopic (exact) mass is 499 g/mol. The van der Waals surface area contributed by atoms with Gasteiger partial charge in [0, 0.05) is 36.5 Å². The number of rotatable bonds is 9. The summed E-state index contributed by atoms with van der Waals surface area (Å²) in [6.45, 7) is 3.70. The van der Waals surface area contributed by atoms with Gasteiger partial charge in [-0.05, 0) is 68.1 Å². The third-order valence-corrected chi connectivity index (χ3v) is 6.86. The fraction of sp³-hybridized carbons (Fsp3) is 0.444. The predicted molar refractivity (Wildman–Crippen MR) is 129 cm³/mol. The van der Waals surface area contributed by atoms with E-state index in [9.17, 15) is 23.2 Å². The molecule has 36 heavy (non-hydrogen) atoms. The molecule has 7 nitrogen and oxygen atoms in total. The van der Waals surface area contributed by atoms with Gasteiger partial charge in [0.05, 0.1) is 13.2 Å². The van der Waals surface area contributed by atoms with E-state index >= 15 is 0 Å². The highest BCUT2D eigenvalue weighted by Crippen LogP contribution is 2.51. The van der Waals surface area contributed by atoms with Crippen LogP contribution in [0.15, 0.2) is 48.5 Å². The Morgan fingerprint density at radius 3 is 2.28 bits per heavy atom. The maximum absolute atomic E-state index is 13.2. The molecule has 2 aliphatic rings. The lowest BCUT2D eigenvalue weighted by Gasteiger charge is -2.30. The molecule has 0 radical (unpaired) electrons. The number of morpholine rings is 1. The van der Waals surface area contributed by atoms with Crippen LogP contribution in [-0.2, 0) is 14.3 Å². The van der Waals surface area contributed by atoms with Gasteiger partial charge in [0.25, 0.3) is 5.91 Å². The van der Waals surface area contributed by atoms with E-state index in [0.717, 1.165) is 12.0 Å². The van der Waals surface area contributed by atoms with Crippen LogP contribution in [-0.4, -0.2) is 60.5 Å². The van der Waals surface area contributed by atoms with Gasteiger partial charge in [-0.15, -0.1) is 0 Å². The molecule has 4 rings (SSSR count). The third kappa shape index (κ3) is 6.46. The topological polar surface area (TPSA) is 87.7 Å². The molecule has 2 N–H and O–H groups in total. The molecule has 0 bridgehead atoms. The van der Waals surface area contributed by atoms with Crippen LogP contribution in [0.25, 0.3) is 0 Å². The molecule has 3 atom stereocenters. The van der Waals surface area contributed by atoms with Gasteiger partial charge in [0.1, 0.15) is 17.7 Å². The quantitative estimate of drug-likeness (QED) is 0.555. The van der Waals surface area contributed by atoms with Gasteiger partial charge in [0.2, 0.25) is 11.8 Å². The largest absolute Gasteiger partial charge is 0.378 e. The fourth-order valence-corrected chi connectivity index (χ4v) is 4.64. The number of amides is 3. The zero-order valence-electron chi connectivity index (χ0n) is 20.3. The molecule has 1 aliphatic heterocycles. The Labute approximate surface area is 209 Å². The van der Waals surface area contributed by atoms with Crippen molar-refractivity contribution in [3.05, 3.63) is 71.3 Å². The van der Waals surface area contributed by atoms with Crippen molar-refractivity contribution < 1.29 is 27.9 Å². The van der Waals surface area contributed by atoms with Crippen molar-refractivity contribution in [1.82, 2.24) is 15.5 Å². The van der Waals surface area contributed by atoms with Crippen LogP contribution >= 0.6 is 0 Å². The van der Waals surface area contributed by atoms with Crippen LogP contribution in [0.2, 0.25) is 0 Å². The summed E-state index contributed by atoms with van der Waals surface area (Å²) in [6, 6.07) is 10.6. The van der Waals surface area contributed by atoms with Gasteiger partial charge in [-0.25, -0.2) is 8.78 Å². The molecule has 9 heteroatoms. The van der Waals surface area contributed by atoms with E-state index < -0.39 is 17.8 Å². The number of ether oxygens (including phenoxy) is 1. The number of nitrogens with zero attached hydrogens (tertiary/aromatic N) is 1. The lowest BCUT2D eigenvalue weighted by atomic mass is 10.0. The Morgan fingerprint density at radius 2 is 1.64 bits per heavy atom. The Morgan fingerprint density at radius 1 is 1.03 bits per heavy atom. The van der Waals surface area contributed by atoms with E-state index in [1.807, 2.05) is 6.92 Å². The minimum Gasteiger partial charge on any atom is -0.378 e. The van der Waals surface area contributed by atoms with E-state index in [1.165, 1.54) is 36.4 Å². The molecular weight excluding hydrogens is 468 g/mol. The van der Waals surface area contributed by atoms with Gasteiger partial charge in [0.15, 0.2) is 0 Å².